The zero-order valence-electron chi connectivity index (χ0n) is 7.24. The van der Waals surface area contributed by atoms with E-state index in [1.165, 1.54) is 0 Å². The minimum Gasteiger partial charge on any atom is -0.390 e. The molecule has 6 atom stereocenters. The van der Waals surface area contributed by atoms with Gasteiger partial charge in [0, 0.05) is 5.92 Å². The summed E-state index contributed by atoms with van der Waals surface area (Å²) in [5, 5.41) is 37.1. The Balaban J connectivity index is 2.85. The quantitative estimate of drug-likeness (QED) is 0.355. The van der Waals surface area contributed by atoms with Gasteiger partial charge in [-0.15, -0.1) is 0 Å². The van der Waals surface area contributed by atoms with Gasteiger partial charge in [-0.05, 0) is 5.92 Å². The lowest BCUT2D eigenvalue weighted by atomic mass is 9.74. The van der Waals surface area contributed by atoms with Crippen molar-refractivity contribution in [1.29, 1.82) is 0 Å². The van der Waals surface area contributed by atoms with E-state index in [4.69, 9.17) is 0 Å². The number of aliphatic hydroxyl groups is 4. The van der Waals surface area contributed by atoms with Crippen LogP contribution >= 0.6 is 0 Å². The first-order chi connectivity index (χ1) is 6.00. The summed E-state index contributed by atoms with van der Waals surface area (Å²) in [6.07, 6.45) is -4.82. The van der Waals surface area contributed by atoms with E-state index >= 15 is 0 Å². The van der Waals surface area contributed by atoms with Gasteiger partial charge in [0.15, 0.2) is 0 Å². The number of hydrogen-bond acceptors (Lipinski definition) is 5. The van der Waals surface area contributed by atoms with Crippen molar-refractivity contribution in [2.75, 3.05) is 0 Å². The van der Waals surface area contributed by atoms with Gasteiger partial charge in [-0.3, -0.25) is 0 Å². The third-order valence-corrected chi connectivity index (χ3v) is 2.75. The predicted octanol–water partition coefficient (Wildman–Crippen LogP) is -2.11. The Bertz CT molecular complexity index is 179. The largest absolute Gasteiger partial charge is 0.390 e. The van der Waals surface area contributed by atoms with Crippen molar-refractivity contribution in [3.8, 4) is 0 Å². The number of rotatable bonds is 1. The fourth-order valence-electron chi connectivity index (χ4n) is 1.69. The summed E-state index contributed by atoms with van der Waals surface area (Å²) in [5.74, 6) is -1.38. The number of hydrogen-bond donors (Lipinski definition) is 4. The zero-order valence-corrected chi connectivity index (χ0v) is 7.24. The van der Waals surface area contributed by atoms with Crippen LogP contribution in [0.15, 0.2) is 0 Å². The van der Waals surface area contributed by atoms with Crippen molar-refractivity contribution in [1.82, 2.24) is 0 Å². The minimum atomic E-state index is -1.46. The molecule has 0 aromatic carbocycles. The van der Waals surface area contributed by atoms with Gasteiger partial charge in [0.25, 0.3) is 0 Å². The Morgan fingerprint density at radius 1 is 0.923 bits per heavy atom. The van der Waals surface area contributed by atoms with Gasteiger partial charge in [-0.1, -0.05) is 6.92 Å². The molecule has 4 N–H and O–H groups in total. The molecule has 0 spiro atoms. The summed E-state index contributed by atoms with van der Waals surface area (Å²) in [5.41, 5.74) is 0. The molecular weight excluding hydrogens is 176 g/mol. The monoisotopic (exact) mass is 190 g/mol. The van der Waals surface area contributed by atoms with Crippen LogP contribution in [0.5, 0.6) is 0 Å². The zero-order chi connectivity index (χ0) is 10.2. The number of aliphatic hydroxyl groups excluding tert-OH is 4. The molecule has 1 aliphatic rings. The fraction of sp³-hybridized carbons (Fsp3) is 0.875. The highest BCUT2D eigenvalue weighted by Crippen LogP contribution is 2.29. The molecule has 0 aliphatic heterocycles. The van der Waals surface area contributed by atoms with Crippen LogP contribution in [0.2, 0.25) is 0 Å². The SMILES string of the molecule is CC1C(O)C(O)C(O)C(O)C1C=O. The first kappa shape index (κ1) is 10.6. The molecule has 1 aliphatic carbocycles. The van der Waals surface area contributed by atoms with Crippen molar-refractivity contribution in [2.45, 2.75) is 31.3 Å². The molecule has 0 aromatic rings. The molecule has 0 bridgehead atoms. The molecule has 1 rings (SSSR count). The third kappa shape index (κ3) is 1.60. The van der Waals surface area contributed by atoms with Gasteiger partial charge in [0.2, 0.25) is 0 Å². The summed E-state index contributed by atoms with van der Waals surface area (Å²) in [4.78, 5) is 10.5. The Hall–Kier alpha value is -0.490. The average Bonchev–Trinajstić information content (AvgIpc) is 2.13. The van der Waals surface area contributed by atoms with Crippen LogP contribution in [0.4, 0.5) is 0 Å². The molecule has 13 heavy (non-hydrogen) atoms. The van der Waals surface area contributed by atoms with E-state index in [-0.39, 0.29) is 0 Å². The number of carbonyl (C=O) groups is 1. The second kappa shape index (κ2) is 3.71. The average molecular weight is 190 g/mol. The van der Waals surface area contributed by atoms with Gasteiger partial charge in [-0.25, -0.2) is 0 Å². The van der Waals surface area contributed by atoms with Crippen molar-refractivity contribution in [3.05, 3.63) is 0 Å². The lowest BCUT2D eigenvalue weighted by Crippen LogP contribution is -2.58. The summed E-state index contributed by atoms with van der Waals surface area (Å²) in [6.45, 7) is 1.54. The Kier molecular flexibility index (Phi) is 3.02. The molecule has 1 saturated carbocycles. The molecule has 6 unspecified atom stereocenters. The van der Waals surface area contributed by atoms with Crippen molar-refractivity contribution in [2.24, 2.45) is 11.8 Å². The molecule has 5 heteroatoms. The van der Waals surface area contributed by atoms with E-state index < -0.39 is 36.3 Å². The van der Waals surface area contributed by atoms with Gasteiger partial charge < -0.3 is 25.2 Å². The first-order valence-corrected chi connectivity index (χ1v) is 4.18. The highest BCUT2D eigenvalue weighted by molar-refractivity contribution is 5.56. The van der Waals surface area contributed by atoms with Crippen LogP contribution in [0, 0.1) is 11.8 Å². The minimum absolute atomic E-state index is 0.494. The molecular formula is C8H14O5. The van der Waals surface area contributed by atoms with Crippen LogP contribution < -0.4 is 0 Å². The van der Waals surface area contributed by atoms with E-state index in [2.05, 4.69) is 0 Å². The molecule has 0 saturated heterocycles. The Morgan fingerprint density at radius 3 is 1.85 bits per heavy atom. The Morgan fingerprint density at radius 2 is 1.38 bits per heavy atom. The van der Waals surface area contributed by atoms with Crippen molar-refractivity contribution in [3.63, 3.8) is 0 Å². The van der Waals surface area contributed by atoms with E-state index in [0.29, 0.717) is 6.29 Å². The summed E-state index contributed by atoms with van der Waals surface area (Å²) in [7, 11) is 0. The molecule has 1 fully saturated rings. The van der Waals surface area contributed by atoms with Gasteiger partial charge in [-0.2, -0.15) is 0 Å². The fourth-order valence-corrected chi connectivity index (χ4v) is 1.69. The normalized spacial score (nSPS) is 51.8. The highest BCUT2D eigenvalue weighted by Gasteiger charge is 2.46. The maximum atomic E-state index is 10.5. The van der Waals surface area contributed by atoms with E-state index in [9.17, 15) is 25.2 Å². The van der Waals surface area contributed by atoms with Crippen LogP contribution in [0.1, 0.15) is 6.92 Å². The van der Waals surface area contributed by atoms with Gasteiger partial charge in [0.1, 0.15) is 18.5 Å². The first-order valence-electron chi connectivity index (χ1n) is 4.18. The molecule has 5 nitrogen and oxygen atoms in total. The number of aldehydes is 1. The van der Waals surface area contributed by atoms with E-state index in [0.717, 1.165) is 0 Å². The second-order valence-electron chi connectivity index (χ2n) is 3.53. The lowest BCUT2D eigenvalue weighted by Gasteiger charge is -2.40. The van der Waals surface area contributed by atoms with Crippen LogP contribution in [0.3, 0.4) is 0 Å². The molecule has 0 aromatic heterocycles. The summed E-state index contributed by atoms with van der Waals surface area (Å²) >= 11 is 0. The van der Waals surface area contributed by atoms with Crippen molar-refractivity contribution >= 4 is 6.29 Å². The Labute approximate surface area is 75.6 Å². The number of carbonyl (C=O) groups excluding carboxylic acids is 1. The molecule has 0 heterocycles. The maximum Gasteiger partial charge on any atom is 0.126 e. The van der Waals surface area contributed by atoms with Crippen LogP contribution in [-0.2, 0) is 4.79 Å². The van der Waals surface area contributed by atoms with E-state index in [1.807, 2.05) is 0 Å². The van der Waals surface area contributed by atoms with E-state index in [1.54, 1.807) is 6.92 Å². The lowest BCUT2D eigenvalue weighted by molar-refractivity contribution is -0.179. The standard InChI is InChI=1S/C8H14O5/c1-3-4(2-9)6(11)8(13)7(12)5(3)10/h2-8,10-13H,1H3. The topological polar surface area (TPSA) is 98.0 Å². The maximum absolute atomic E-state index is 10.5. The smallest absolute Gasteiger partial charge is 0.126 e. The van der Waals surface area contributed by atoms with Crippen LogP contribution in [0.25, 0.3) is 0 Å². The third-order valence-electron chi connectivity index (χ3n) is 2.75. The van der Waals surface area contributed by atoms with Crippen molar-refractivity contribution < 1.29 is 25.2 Å². The molecule has 76 valence electrons. The predicted molar refractivity (Wildman–Crippen MR) is 42.7 cm³/mol. The summed E-state index contributed by atoms with van der Waals surface area (Å²) < 4.78 is 0. The molecule has 0 amide bonds. The van der Waals surface area contributed by atoms with Gasteiger partial charge in [0.05, 0.1) is 12.2 Å². The van der Waals surface area contributed by atoms with Gasteiger partial charge >= 0.3 is 0 Å². The molecule has 0 radical (unpaired) electrons. The second-order valence-corrected chi connectivity index (χ2v) is 3.53. The van der Waals surface area contributed by atoms with Crippen LogP contribution in [-0.4, -0.2) is 51.1 Å². The summed E-state index contributed by atoms with van der Waals surface area (Å²) in [6, 6.07) is 0. The highest BCUT2D eigenvalue weighted by atomic mass is 16.4.